The highest BCUT2D eigenvalue weighted by molar-refractivity contribution is 6.89. The number of pyridine rings is 1. The van der Waals surface area contributed by atoms with Gasteiger partial charge in [0.2, 0.25) is 5.88 Å². The first-order valence-corrected chi connectivity index (χ1v) is 9.55. The van der Waals surface area contributed by atoms with Crippen molar-refractivity contribution >= 4 is 24.2 Å². The molecule has 3 heteroatoms. The van der Waals surface area contributed by atoms with Gasteiger partial charge in [-0.3, -0.25) is 0 Å². The third-order valence-corrected chi connectivity index (χ3v) is 4.75. The number of nitrogens with zero attached hydrogens (tertiary/aromatic N) is 1. The van der Waals surface area contributed by atoms with Crippen LogP contribution in [-0.2, 0) is 0 Å². The number of benzene rings is 1. The van der Waals surface area contributed by atoms with Crippen molar-refractivity contribution in [1.82, 2.24) is 4.98 Å². The summed E-state index contributed by atoms with van der Waals surface area (Å²) in [7, 11) is -1.42. The van der Waals surface area contributed by atoms with Crippen molar-refractivity contribution in [3.8, 4) is 5.88 Å². The highest BCUT2D eigenvalue weighted by atomic mass is 28.3. The van der Waals surface area contributed by atoms with Crippen LogP contribution in [0.4, 0.5) is 0 Å². The van der Waals surface area contributed by atoms with E-state index in [0.29, 0.717) is 6.61 Å². The maximum atomic E-state index is 5.70. The lowest BCUT2D eigenvalue weighted by Gasteiger charge is -2.20. The minimum absolute atomic E-state index is 0.669. The predicted molar refractivity (Wildman–Crippen MR) is 75.9 cm³/mol. The second-order valence-corrected chi connectivity index (χ2v) is 10.3. The molecule has 1 aromatic carbocycles. The van der Waals surface area contributed by atoms with Gasteiger partial charge in [-0.15, -0.1) is 0 Å². The molecule has 0 amide bonds. The molecule has 0 N–H and O–H groups in total. The third kappa shape index (κ3) is 2.49. The summed E-state index contributed by atoms with van der Waals surface area (Å²) >= 11 is 0. The molecule has 2 nitrogen and oxygen atoms in total. The van der Waals surface area contributed by atoms with E-state index in [0.717, 1.165) is 11.4 Å². The summed E-state index contributed by atoms with van der Waals surface area (Å²) in [4.78, 5) is 4.64. The lowest BCUT2D eigenvalue weighted by Crippen LogP contribution is -2.39. The Balaban J connectivity index is 2.66. The second kappa shape index (κ2) is 4.49. The van der Waals surface area contributed by atoms with Crippen LogP contribution in [0.15, 0.2) is 30.3 Å². The molecule has 0 aliphatic rings. The first-order valence-electron chi connectivity index (χ1n) is 6.05. The minimum Gasteiger partial charge on any atom is -0.478 e. The SMILES string of the molecule is CCOc1nc2ccccc2cc1[Si](C)(C)C. The number of aromatic nitrogens is 1. The molecule has 90 valence electrons. The fraction of sp³-hybridized carbons (Fsp3) is 0.357. The summed E-state index contributed by atoms with van der Waals surface area (Å²) in [6.45, 7) is 9.64. The molecule has 0 radical (unpaired) electrons. The molecule has 0 aliphatic carbocycles. The van der Waals surface area contributed by atoms with Crippen LogP contribution in [0.5, 0.6) is 5.88 Å². The molecular weight excluding hydrogens is 226 g/mol. The fourth-order valence-electron chi connectivity index (χ4n) is 1.88. The smallest absolute Gasteiger partial charge is 0.212 e. The summed E-state index contributed by atoms with van der Waals surface area (Å²) in [5.74, 6) is 0.824. The second-order valence-electron chi connectivity index (χ2n) is 5.22. The zero-order valence-electron chi connectivity index (χ0n) is 10.9. The monoisotopic (exact) mass is 245 g/mol. The van der Waals surface area contributed by atoms with Gasteiger partial charge in [0.15, 0.2) is 0 Å². The quantitative estimate of drug-likeness (QED) is 0.775. The largest absolute Gasteiger partial charge is 0.478 e. The zero-order chi connectivity index (χ0) is 12.5. The molecule has 0 saturated carbocycles. The Bertz CT molecular complexity index is 531. The van der Waals surface area contributed by atoms with E-state index >= 15 is 0 Å². The zero-order valence-corrected chi connectivity index (χ0v) is 11.9. The molecule has 0 aliphatic heterocycles. The summed E-state index contributed by atoms with van der Waals surface area (Å²) in [5.41, 5.74) is 1.01. The number of hydrogen-bond acceptors (Lipinski definition) is 2. The predicted octanol–water partition coefficient (Wildman–Crippen LogP) is 3.18. The number of para-hydroxylation sites is 1. The molecule has 1 heterocycles. The maximum Gasteiger partial charge on any atom is 0.212 e. The lowest BCUT2D eigenvalue weighted by atomic mass is 10.2. The van der Waals surface area contributed by atoms with E-state index in [1.165, 1.54) is 10.6 Å². The van der Waals surface area contributed by atoms with E-state index in [2.05, 4.69) is 42.8 Å². The molecule has 0 bridgehead atoms. The van der Waals surface area contributed by atoms with Gasteiger partial charge < -0.3 is 4.74 Å². The van der Waals surface area contributed by atoms with E-state index in [-0.39, 0.29) is 0 Å². The summed E-state index contributed by atoms with van der Waals surface area (Å²) in [5, 5.41) is 2.51. The number of ether oxygens (including phenoxy) is 1. The van der Waals surface area contributed by atoms with Crippen LogP contribution in [0.1, 0.15) is 6.92 Å². The van der Waals surface area contributed by atoms with Crippen molar-refractivity contribution < 1.29 is 4.74 Å². The Hall–Kier alpha value is -1.35. The third-order valence-electron chi connectivity index (χ3n) is 2.78. The average Bonchev–Trinajstić information content (AvgIpc) is 2.27. The molecule has 1 aromatic heterocycles. The minimum atomic E-state index is -1.42. The standard InChI is InChI=1S/C14H19NOSi/c1-5-16-14-13(17(2,3)4)10-11-8-6-7-9-12(11)15-14/h6-10H,5H2,1-4H3. The van der Waals surface area contributed by atoms with Crippen LogP contribution >= 0.6 is 0 Å². The van der Waals surface area contributed by atoms with Gasteiger partial charge >= 0.3 is 0 Å². The van der Waals surface area contributed by atoms with Gasteiger partial charge in [-0.2, -0.15) is 0 Å². The van der Waals surface area contributed by atoms with Gasteiger partial charge in [-0.25, -0.2) is 4.98 Å². The van der Waals surface area contributed by atoms with Crippen LogP contribution in [0.2, 0.25) is 19.6 Å². The van der Waals surface area contributed by atoms with Crippen molar-refractivity contribution in [1.29, 1.82) is 0 Å². The molecule has 0 unspecified atom stereocenters. The first kappa shape index (κ1) is 12.1. The number of hydrogen-bond donors (Lipinski definition) is 0. The Morgan fingerprint density at radius 3 is 2.53 bits per heavy atom. The van der Waals surface area contributed by atoms with E-state index in [1.54, 1.807) is 0 Å². The van der Waals surface area contributed by atoms with E-state index in [1.807, 2.05) is 19.1 Å². The van der Waals surface area contributed by atoms with Gasteiger partial charge in [0.25, 0.3) is 0 Å². The maximum absolute atomic E-state index is 5.70. The molecule has 0 spiro atoms. The highest BCUT2D eigenvalue weighted by Crippen LogP contribution is 2.18. The molecule has 0 saturated heterocycles. The van der Waals surface area contributed by atoms with Gasteiger partial charge in [0.05, 0.1) is 20.2 Å². The van der Waals surface area contributed by atoms with Crippen molar-refractivity contribution in [3.63, 3.8) is 0 Å². The fourth-order valence-corrected chi connectivity index (χ4v) is 3.24. The Morgan fingerprint density at radius 2 is 1.88 bits per heavy atom. The van der Waals surface area contributed by atoms with Crippen molar-refractivity contribution in [2.24, 2.45) is 0 Å². The topological polar surface area (TPSA) is 22.1 Å². The van der Waals surface area contributed by atoms with E-state index < -0.39 is 8.07 Å². The normalized spacial score (nSPS) is 11.8. The van der Waals surface area contributed by atoms with E-state index in [4.69, 9.17) is 4.74 Å². The number of fused-ring (bicyclic) bond motifs is 1. The highest BCUT2D eigenvalue weighted by Gasteiger charge is 2.22. The first-order chi connectivity index (χ1) is 8.02. The van der Waals surface area contributed by atoms with Crippen LogP contribution < -0.4 is 9.92 Å². The van der Waals surface area contributed by atoms with Gasteiger partial charge in [0.1, 0.15) is 0 Å². The van der Waals surface area contributed by atoms with Crippen molar-refractivity contribution in [3.05, 3.63) is 30.3 Å². The van der Waals surface area contributed by atoms with E-state index in [9.17, 15) is 0 Å². The molecule has 0 atom stereocenters. The molecule has 2 aromatic rings. The van der Waals surface area contributed by atoms with Crippen molar-refractivity contribution in [2.75, 3.05) is 6.61 Å². The molecular formula is C14H19NOSi. The van der Waals surface area contributed by atoms with Gasteiger partial charge in [-0.1, -0.05) is 37.8 Å². The summed E-state index contributed by atoms with van der Waals surface area (Å²) < 4.78 is 5.70. The number of rotatable bonds is 3. The van der Waals surface area contributed by atoms with Crippen molar-refractivity contribution in [2.45, 2.75) is 26.6 Å². The van der Waals surface area contributed by atoms with Crippen LogP contribution in [0.25, 0.3) is 10.9 Å². The van der Waals surface area contributed by atoms with Gasteiger partial charge in [0, 0.05) is 10.6 Å². The van der Waals surface area contributed by atoms with Crippen LogP contribution in [0, 0.1) is 0 Å². The summed E-state index contributed by atoms with van der Waals surface area (Å²) in [6.07, 6.45) is 0. The lowest BCUT2D eigenvalue weighted by molar-refractivity contribution is 0.331. The molecule has 17 heavy (non-hydrogen) atoms. The van der Waals surface area contributed by atoms with Gasteiger partial charge in [-0.05, 0) is 19.1 Å². The Labute approximate surface area is 104 Å². The Morgan fingerprint density at radius 1 is 1.18 bits per heavy atom. The Kier molecular flexibility index (Phi) is 3.20. The molecule has 2 rings (SSSR count). The average molecular weight is 245 g/mol. The summed E-state index contributed by atoms with van der Waals surface area (Å²) in [6, 6.07) is 10.5. The molecule has 0 fully saturated rings. The van der Waals surface area contributed by atoms with Crippen LogP contribution in [-0.4, -0.2) is 19.7 Å². The van der Waals surface area contributed by atoms with Crippen LogP contribution in [0.3, 0.4) is 0 Å².